The van der Waals surface area contributed by atoms with Crippen LogP contribution < -0.4 is 0 Å². The topological polar surface area (TPSA) is 48.4 Å². The molecule has 0 saturated heterocycles. The maximum atomic E-state index is 9.32. The molecule has 15 heavy (non-hydrogen) atoms. The Morgan fingerprint density at radius 2 is 2.33 bits per heavy atom. The summed E-state index contributed by atoms with van der Waals surface area (Å²) in [6.45, 7) is 0. The monoisotopic (exact) mass is 331 g/mol. The van der Waals surface area contributed by atoms with Crippen LogP contribution in [0.2, 0.25) is 0 Å². The van der Waals surface area contributed by atoms with Crippen LogP contribution in [0.4, 0.5) is 0 Å². The van der Waals surface area contributed by atoms with Gasteiger partial charge in [0.2, 0.25) is 5.39 Å². The van der Waals surface area contributed by atoms with Crippen molar-refractivity contribution in [3.05, 3.63) is 51.2 Å². The van der Waals surface area contributed by atoms with E-state index in [0.717, 1.165) is 16.2 Å². The van der Waals surface area contributed by atoms with Crippen molar-refractivity contribution in [2.75, 3.05) is 0 Å². The second kappa shape index (κ2) is 5.89. The Labute approximate surface area is 105 Å². The lowest BCUT2D eigenvalue weighted by Gasteiger charge is -2.08. The molecule has 0 amide bonds. The first-order chi connectivity index (χ1) is 7.13. The summed E-state index contributed by atoms with van der Waals surface area (Å²) in [4.78, 5) is 2.75. The number of hydrogen-bond acceptors (Lipinski definition) is 2. The van der Waals surface area contributed by atoms with Crippen LogP contribution >= 0.6 is 31.9 Å². The van der Waals surface area contributed by atoms with E-state index in [0.29, 0.717) is 6.42 Å². The number of rotatable bonds is 3. The third kappa shape index (κ3) is 4.02. The Balaban J connectivity index is 2.74. The zero-order chi connectivity index (χ0) is 11.3. The first kappa shape index (κ1) is 12.2. The normalized spacial score (nSPS) is 13.3. The Morgan fingerprint density at radius 3 is 2.93 bits per heavy atom. The first-order valence-corrected chi connectivity index (χ1v) is 5.96. The van der Waals surface area contributed by atoms with Gasteiger partial charge in [-0.05, 0) is 17.7 Å². The second-order valence-electron chi connectivity index (χ2n) is 2.96. The summed E-state index contributed by atoms with van der Waals surface area (Å²) in [6, 6.07) is 7.77. The van der Waals surface area contributed by atoms with E-state index < -0.39 is 0 Å². The number of diazo groups is 1. The number of allylic oxidation sites excluding steroid dienone is 1. The number of nitrogens with zero attached hydrogens (tertiary/aromatic N) is 2. The van der Waals surface area contributed by atoms with Gasteiger partial charge in [-0.3, -0.25) is 0 Å². The zero-order valence-electron chi connectivity index (χ0n) is 7.77. The smallest absolute Gasteiger partial charge is 0.387 e. The summed E-state index contributed by atoms with van der Waals surface area (Å²) >= 11 is 6.82. The lowest BCUT2D eigenvalue weighted by molar-refractivity contribution is 0.388. The summed E-state index contributed by atoms with van der Waals surface area (Å²) in [5.74, 6) is 0.0272. The summed E-state index contributed by atoms with van der Waals surface area (Å²) < 4.78 is 0.986. The maximum Gasteiger partial charge on any atom is 0.387 e. The largest absolute Gasteiger partial charge is 0.505 e. The first-order valence-electron chi connectivity index (χ1n) is 4.25. The molecule has 0 aliphatic rings. The van der Waals surface area contributed by atoms with Gasteiger partial charge in [0.25, 0.3) is 0 Å². The molecule has 1 aromatic rings. The fourth-order valence-corrected chi connectivity index (χ4v) is 2.16. The number of aliphatic hydroxyl groups is 1. The molecule has 1 rings (SSSR count). The molecule has 0 spiro atoms. The fraction of sp³-hybridized carbons (Fsp3) is 0.200. The van der Waals surface area contributed by atoms with Crippen molar-refractivity contribution in [3.63, 3.8) is 0 Å². The summed E-state index contributed by atoms with van der Waals surface area (Å²) in [7, 11) is 0. The highest BCUT2D eigenvalue weighted by atomic mass is 79.9. The summed E-state index contributed by atoms with van der Waals surface area (Å²) in [6.07, 6.45) is 1.40. The van der Waals surface area contributed by atoms with E-state index in [1.807, 2.05) is 24.3 Å². The SMILES string of the molecule is N#[N+]/C=C(/O)CC(Br)c1cccc(Br)c1. The average molecular weight is 333 g/mol. The van der Waals surface area contributed by atoms with Crippen LogP contribution in [0.3, 0.4) is 0 Å². The molecule has 5 heteroatoms. The van der Waals surface area contributed by atoms with Gasteiger partial charge in [0, 0.05) is 15.7 Å². The van der Waals surface area contributed by atoms with Crippen LogP contribution in [-0.4, -0.2) is 5.11 Å². The molecule has 1 unspecified atom stereocenters. The van der Waals surface area contributed by atoms with Gasteiger partial charge in [0.05, 0.1) is 0 Å². The van der Waals surface area contributed by atoms with E-state index >= 15 is 0 Å². The van der Waals surface area contributed by atoms with Gasteiger partial charge in [-0.2, -0.15) is 0 Å². The molecular weight excluding hydrogens is 324 g/mol. The van der Waals surface area contributed by atoms with E-state index in [-0.39, 0.29) is 10.6 Å². The second-order valence-corrected chi connectivity index (χ2v) is 4.98. The quantitative estimate of drug-likeness (QED) is 0.502. The molecule has 0 saturated carbocycles. The van der Waals surface area contributed by atoms with E-state index in [2.05, 4.69) is 36.8 Å². The zero-order valence-corrected chi connectivity index (χ0v) is 10.9. The van der Waals surface area contributed by atoms with Crippen LogP contribution in [0, 0.1) is 5.39 Å². The third-order valence-electron chi connectivity index (χ3n) is 1.81. The van der Waals surface area contributed by atoms with Crippen LogP contribution in [0.25, 0.3) is 4.98 Å². The molecule has 1 N–H and O–H groups in total. The minimum Gasteiger partial charge on any atom is -0.505 e. The van der Waals surface area contributed by atoms with Crippen molar-refractivity contribution in [2.45, 2.75) is 11.2 Å². The Kier molecular flexibility index (Phi) is 4.79. The van der Waals surface area contributed by atoms with Gasteiger partial charge in [0.1, 0.15) is 0 Å². The van der Waals surface area contributed by atoms with Gasteiger partial charge < -0.3 is 5.11 Å². The summed E-state index contributed by atoms with van der Waals surface area (Å²) in [5, 5.41) is 17.5. The molecule has 0 aromatic heterocycles. The average Bonchev–Trinajstić information content (AvgIpc) is 2.18. The molecule has 0 fully saturated rings. The third-order valence-corrected chi connectivity index (χ3v) is 3.15. The Morgan fingerprint density at radius 1 is 1.60 bits per heavy atom. The van der Waals surface area contributed by atoms with Crippen molar-refractivity contribution in [2.24, 2.45) is 0 Å². The lowest BCUT2D eigenvalue weighted by Crippen LogP contribution is -1.92. The van der Waals surface area contributed by atoms with E-state index in [1.54, 1.807) is 0 Å². The van der Waals surface area contributed by atoms with Gasteiger partial charge in [-0.25, -0.2) is 0 Å². The van der Waals surface area contributed by atoms with Gasteiger partial charge >= 0.3 is 6.20 Å². The Bertz CT molecular complexity index is 412. The number of alkyl halides is 1. The van der Waals surface area contributed by atoms with Crippen LogP contribution in [-0.2, 0) is 0 Å². The number of aliphatic hydroxyl groups excluding tert-OH is 1. The Hall–Kier alpha value is -0.860. The molecule has 0 aliphatic heterocycles. The predicted octanol–water partition coefficient (Wildman–Crippen LogP) is 4.53. The number of hydrogen-bond donors (Lipinski definition) is 1. The molecule has 1 atom stereocenters. The van der Waals surface area contributed by atoms with Crippen molar-refractivity contribution in [3.8, 4) is 0 Å². The molecule has 0 aliphatic carbocycles. The van der Waals surface area contributed by atoms with E-state index in [4.69, 9.17) is 5.39 Å². The lowest BCUT2D eigenvalue weighted by atomic mass is 10.1. The van der Waals surface area contributed by atoms with Crippen molar-refractivity contribution in [1.29, 1.82) is 5.39 Å². The van der Waals surface area contributed by atoms with Gasteiger partial charge in [-0.1, -0.05) is 44.0 Å². The highest BCUT2D eigenvalue weighted by molar-refractivity contribution is 9.10. The predicted molar refractivity (Wildman–Crippen MR) is 66.2 cm³/mol. The fourth-order valence-electron chi connectivity index (χ4n) is 1.12. The minimum absolute atomic E-state index is 0.00648. The molecular formula is C10H9Br2N2O+. The van der Waals surface area contributed by atoms with Crippen LogP contribution in [0.5, 0.6) is 0 Å². The van der Waals surface area contributed by atoms with Crippen molar-refractivity contribution < 1.29 is 5.11 Å². The van der Waals surface area contributed by atoms with E-state index in [9.17, 15) is 5.11 Å². The highest BCUT2D eigenvalue weighted by Crippen LogP contribution is 2.30. The minimum atomic E-state index is -0.00648. The van der Waals surface area contributed by atoms with E-state index in [1.165, 1.54) is 0 Å². The molecule has 0 heterocycles. The van der Waals surface area contributed by atoms with Crippen LogP contribution in [0.15, 0.2) is 40.7 Å². The van der Waals surface area contributed by atoms with Crippen LogP contribution in [0.1, 0.15) is 16.8 Å². The van der Waals surface area contributed by atoms with Gasteiger partial charge in [0.15, 0.2) is 10.7 Å². The molecule has 0 radical (unpaired) electrons. The molecule has 0 bridgehead atoms. The van der Waals surface area contributed by atoms with Crippen molar-refractivity contribution >= 4 is 31.9 Å². The number of benzene rings is 1. The number of halogens is 2. The van der Waals surface area contributed by atoms with Gasteiger partial charge in [-0.15, -0.1) is 0 Å². The maximum absolute atomic E-state index is 9.32. The highest BCUT2D eigenvalue weighted by Gasteiger charge is 2.12. The standard InChI is InChI=1S/C10H8Br2N2O/c11-8-3-1-2-7(4-8)10(12)5-9(15)6-14-13/h1-4,6,10H,5H2/p+1/b9-6+. The molecule has 3 nitrogen and oxygen atoms in total. The molecule has 78 valence electrons. The molecule has 1 aromatic carbocycles. The summed E-state index contributed by atoms with van der Waals surface area (Å²) in [5.41, 5.74) is 1.04. The van der Waals surface area contributed by atoms with Crippen molar-refractivity contribution in [1.82, 2.24) is 0 Å².